The van der Waals surface area contributed by atoms with Crippen molar-refractivity contribution < 1.29 is 9.53 Å². The van der Waals surface area contributed by atoms with Crippen LogP contribution in [0.15, 0.2) is 18.2 Å². The molecule has 0 aromatic heterocycles. The summed E-state index contributed by atoms with van der Waals surface area (Å²) >= 11 is 0. The van der Waals surface area contributed by atoms with E-state index < -0.39 is 0 Å². The first-order valence-corrected chi connectivity index (χ1v) is 7.56. The molecule has 0 aliphatic carbocycles. The Bertz CT molecular complexity index is 512. The SMILES string of the molecule is COc1c(N)cccc1C(=O)N1CCC(C(C)(C)C)CC1. The van der Waals surface area contributed by atoms with Crippen molar-refractivity contribution >= 4 is 11.6 Å². The molecule has 1 aliphatic rings. The third-order valence-corrected chi connectivity index (χ3v) is 4.49. The number of methoxy groups -OCH3 is 1. The van der Waals surface area contributed by atoms with E-state index in [-0.39, 0.29) is 5.91 Å². The number of ether oxygens (including phenoxy) is 1. The highest BCUT2D eigenvalue weighted by Crippen LogP contribution is 2.35. The second-order valence-electron chi connectivity index (χ2n) is 6.86. The predicted molar refractivity (Wildman–Crippen MR) is 85.5 cm³/mol. The molecule has 116 valence electrons. The van der Waals surface area contributed by atoms with Gasteiger partial charge in [-0.2, -0.15) is 0 Å². The molecule has 0 bridgehead atoms. The summed E-state index contributed by atoms with van der Waals surface area (Å²) in [5.41, 5.74) is 7.26. The molecule has 0 atom stereocenters. The first-order chi connectivity index (χ1) is 9.84. The second kappa shape index (κ2) is 5.96. The Balaban J connectivity index is 2.11. The van der Waals surface area contributed by atoms with E-state index in [1.165, 1.54) is 0 Å². The molecule has 4 nitrogen and oxygen atoms in total. The average Bonchev–Trinajstić information content (AvgIpc) is 2.45. The third-order valence-electron chi connectivity index (χ3n) is 4.49. The Kier molecular flexibility index (Phi) is 4.45. The number of carbonyl (C=O) groups excluding carboxylic acids is 1. The topological polar surface area (TPSA) is 55.6 Å². The number of rotatable bonds is 2. The van der Waals surface area contributed by atoms with Crippen LogP contribution in [0.25, 0.3) is 0 Å². The number of para-hydroxylation sites is 1. The maximum atomic E-state index is 12.7. The predicted octanol–water partition coefficient (Wildman–Crippen LogP) is 3.18. The first-order valence-electron chi connectivity index (χ1n) is 7.56. The molecule has 0 spiro atoms. The Morgan fingerprint density at radius 2 is 1.90 bits per heavy atom. The molecule has 21 heavy (non-hydrogen) atoms. The Labute approximate surface area is 127 Å². The zero-order chi connectivity index (χ0) is 15.6. The fourth-order valence-corrected chi connectivity index (χ4v) is 3.07. The monoisotopic (exact) mass is 290 g/mol. The van der Waals surface area contributed by atoms with E-state index in [4.69, 9.17) is 10.5 Å². The number of nitrogen functional groups attached to an aromatic ring is 1. The van der Waals surface area contributed by atoms with E-state index in [0.717, 1.165) is 25.9 Å². The van der Waals surface area contributed by atoms with E-state index in [0.29, 0.717) is 28.3 Å². The number of benzene rings is 1. The van der Waals surface area contributed by atoms with E-state index in [9.17, 15) is 4.79 Å². The molecule has 1 amide bonds. The molecule has 1 aromatic carbocycles. The minimum atomic E-state index is 0.0199. The van der Waals surface area contributed by atoms with Crippen LogP contribution in [-0.2, 0) is 0 Å². The molecule has 1 saturated heterocycles. The van der Waals surface area contributed by atoms with Crippen LogP contribution < -0.4 is 10.5 Å². The summed E-state index contributed by atoms with van der Waals surface area (Å²) in [6.07, 6.45) is 2.11. The van der Waals surface area contributed by atoms with E-state index >= 15 is 0 Å². The fourth-order valence-electron chi connectivity index (χ4n) is 3.07. The molecule has 4 heteroatoms. The third kappa shape index (κ3) is 3.31. The van der Waals surface area contributed by atoms with Gasteiger partial charge in [-0.3, -0.25) is 4.79 Å². The van der Waals surface area contributed by atoms with Crippen LogP contribution in [0.4, 0.5) is 5.69 Å². The van der Waals surface area contributed by atoms with Crippen LogP contribution in [0.3, 0.4) is 0 Å². The largest absolute Gasteiger partial charge is 0.494 e. The van der Waals surface area contributed by atoms with Crippen molar-refractivity contribution in [2.45, 2.75) is 33.6 Å². The van der Waals surface area contributed by atoms with Gasteiger partial charge in [0.15, 0.2) is 5.75 Å². The van der Waals surface area contributed by atoms with Crippen LogP contribution in [0.5, 0.6) is 5.75 Å². The number of amides is 1. The molecular weight excluding hydrogens is 264 g/mol. The number of hydrogen-bond acceptors (Lipinski definition) is 3. The van der Waals surface area contributed by atoms with Crippen LogP contribution in [0.2, 0.25) is 0 Å². The Morgan fingerprint density at radius 3 is 2.43 bits per heavy atom. The summed E-state index contributed by atoms with van der Waals surface area (Å²) in [6, 6.07) is 5.34. The van der Waals surface area contributed by atoms with Gasteiger partial charge in [-0.05, 0) is 36.3 Å². The van der Waals surface area contributed by atoms with Crippen LogP contribution in [0, 0.1) is 11.3 Å². The van der Waals surface area contributed by atoms with Crippen molar-refractivity contribution in [3.8, 4) is 5.75 Å². The number of hydrogen-bond donors (Lipinski definition) is 1. The van der Waals surface area contributed by atoms with Gasteiger partial charge in [-0.1, -0.05) is 26.8 Å². The maximum Gasteiger partial charge on any atom is 0.257 e. The molecule has 0 unspecified atom stereocenters. The normalized spacial score (nSPS) is 16.9. The second-order valence-corrected chi connectivity index (χ2v) is 6.86. The quantitative estimate of drug-likeness (QED) is 0.851. The van der Waals surface area contributed by atoms with Crippen molar-refractivity contribution in [1.29, 1.82) is 0 Å². The zero-order valence-electron chi connectivity index (χ0n) is 13.5. The molecule has 0 radical (unpaired) electrons. The molecule has 0 saturated carbocycles. The lowest BCUT2D eigenvalue weighted by molar-refractivity contribution is 0.0606. The van der Waals surface area contributed by atoms with Gasteiger partial charge in [0.2, 0.25) is 0 Å². The standard InChI is InChI=1S/C17H26N2O2/c1-17(2,3)12-8-10-19(11-9-12)16(20)13-6-5-7-14(18)15(13)21-4/h5-7,12H,8-11,18H2,1-4H3. The van der Waals surface area contributed by atoms with E-state index in [2.05, 4.69) is 20.8 Å². The van der Waals surface area contributed by atoms with Crippen LogP contribution in [-0.4, -0.2) is 31.0 Å². The number of likely N-dealkylation sites (tertiary alicyclic amines) is 1. The minimum absolute atomic E-state index is 0.0199. The number of piperidine rings is 1. The van der Waals surface area contributed by atoms with Gasteiger partial charge in [0.05, 0.1) is 18.4 Å². The smallest absolute Gasteiger partial charge is 0.257 e. The molecule has 1 aliphatic heterocycles. The Hall–Kier alpha value is -1.71. The summed E-state index contributed by atoms with van der Waals surface area (Å²) in [5, 5.41) is 0. The first kappa shape index (κ1) is 15.7. The summed E-state index contributed by atoms with van der Waals surface area (Å²) in [6.45, 7) is 8.43. The molecular formula is C17H26N2O2. The average molecular weight is 290 g/mol. The summed E-state index contributed by atoms with van der Waals surface area (Å²) < 4.78 is 5.29. The van der Waals surface area contributed by atoms with Crippen molar-refractivity contribution in [1.82, 2.24) is 4.90 Å². The van der Waals surface area contributed by atoms with Gasteiger partial charge < -0.3 is 15.4 Å². The zero-order valence-corrected chi connectivity index (χ0v) is 13.5. The summed E-state index contributed by atoms with van der Waals surface area (Å²) in [4.78, 5) is 14.6. The number of nitrogens with two attached hydrogens (primary N) is 1. The van der Waals surface area contributed by atoms with Crippen LogP contribution >= 0.6 is 0 Å². The van der Waals surface area contributed by atoms with Gasteiger partial charge in [-0.15, -0.1) is 0 Å². The van der Waals surface area contributed by atoms with Crippen molar-refractivity contribution in [3.63, 3.8) is 0 Å². The number of nitrogens with zero attached hydrogens (tertiary/aromatic N) is 1. The fraction of sp³-hybridized carbons (Fsp3) is 0.588. The van der Waals surface area contributed by atoms with Gasteiger partial charge >= 0.3 is 0 Å². The molecule has 1 aromatic rings. The van der Waals surface area contributed by atoms with Gasteiger partial charge in [0.1, 0.15) is 0 Å². The highest BCUT2D eigenvalue weighted by Gasteiger charge is 2.31. The summed E-state index contributed by atoms with van der Waals surface area (Å²) in [7, 11) is 1.55. The maximum absolute atomic E-state index is 12.7. The van der Waals surface area contributed by atoms with Crippen LogP contribution in [0.1, 0.15) is 44.0 Å². The van der Waals surface area contributed by atoms with E-state index in [1.807, 2.05) is 4.90 Å². The van der Waals surface area contributed by atoms with Crippen molar-refractivity contribution in [3.05, 3.63) is 23.8 Å². The lowest BCUT2D eigenvalue weighted by atomic mass is 9.75. The summed E-state index contributed by atoms with van der Waals surface area (Å²) in [5.74, 6) is 1.18. The number of anilines is 1. The van der Waals surface area contributed by atoms with Gasteiger partial charge in [0.25, 0.3) is 5.91 Å². The molecule has 2 N–H and O–H groups in total. The molecule has 2 rings (SSSR count). The molecule has 1 fully saturated rings. The lowest BCUT2D eigenvalue weighted by Gasteiger charge is -2.38. The van der Waals surface area contributed by atoms with Crippen molar-refractivity contribution in [2.75, 3.05) is 25.9 Å². The van der Waals surface area contributed by atoms with E-state index in [1.54, 1.807) is 25.3 Å². The molecule has 1 heterocycles. The van der Waals surface area contributed by atoms with Gasteiger partial charge in [0, 0.05) is 13.1 Å². The Morgan fingerprint density at radius 1 is 1.29 bits per heavy atom. The van der Waals surface area contributed by atoms with Gasteiger partial charge in [-0.25, -0.2) is 0 Å². The van der Waals surface area contributed by atoms with Crippen molar-refractivity contribution in [2.24, 2.45) is 11.3 Å². The highest BCUT2D eigenvalue weighted by atomic mass is 16.5. The lowest BCUT2D eigenvalue weighted by Crippen LogP contribution is -2.41. The number of carbonyl (C=O) groups is 1. The minimum Gasteiger partial charge on any atom is -0.494 e. The highest BCUT2D eigenvalue weighted by molar-refractivity contribution is 5.98.